The number of rotatable bonds is 2. The van der Waals surface area contributed by atoms with Crippen LogP contribution in [0.1, 0.15) is 40.2 Å². The third-order valence-electron chi connectivity index (χ3n) is 4.55. The number of aliphatic hydroxyl groups is 1. The van der Waals surface area contributed by atoms with Gasteiger partial charge in [-0.3, -0.25) is 4.79 Å². The Hall–Kier alpha value is -2.99. The SMILES string of the molecule is CC(O)c1ccc2nc(N)nc(C(=O)N3Cc4ccccc4C3)c2c1. The van der Waals surface area contributed by atoms with Crippen molar-refractivity contribution in [3.63, 3.8) is 0 Å². The zero-order chi connectivity index (χ0) is 17.6. The van der Waals surface area contributed by atoms with Gasteiger partial charge in [0.1, 0.15) is 5.69 Å². The van der Waals surface area contributed by atoms with Gasteiger partial charge in [-0.2, -0.15) is 0 Å². The molecule has 0 radical (unpaired) electrons. The number of hydrogen-bond acceptors (Lipinski definition) is 5. The molecular weight excluding hydrogens is 316 g/mol. The highest BCUT2D eigenvalue weighted by atomic mass is 16.3. The van der Waals surface area contributed by atoms with Gasteiger partial charge in [-0.05, 0) is 35.7 Å². The van der Waals surface area contributed by atoms with Crippen LogP contribution in [0.4, 0.5) is 5.95 Å². The number of fused-ring (bicyclic) bond motifs is 2. The molecule has 1 aliphatic rings. The van der Waals surface area contributed by atoms with Crippen molar-refractivity contribution in [2.24, 2.45) is 0 Å². The summed E-state index contributed by atoms with van der Waals surface area (Å²) in [5.74, 6) is -0.115. The normalized spacial score (nSPS) is 14.6. The number of nitrogen functional groups attached to an aromatic ring is 1. The highest BCUT2D eigenvalue weighted by molar-refractivity contribution is 6.05. The maximum absolute atomic E-state index is 13.1. The van der Waals surface area contributed by atoms with E-state index in [4.69, 9.17) is 5.73 Å². The molecule has 25 heavy (non-hydrogen) atoms. The van der Waals surface area contributed by atoms with E-state index in [0.29, 0.717) is 29.6 Å². The van der Waals surface area contributed by atoms with Crippen molar-refractivity contribution in [1.82, 2.24) is 14.9 Å². The highest BCUT2D eigenvalue weighted by Crippen LogP contribution is 2.27. The summed E-state index contributed by atoms with van der Waals surface area (Å²) in [7, 11) is 0. The van der Waals surface area contributed by atoms with Gasteiger partial charge in [-0.25, -0.2) is 9.97 Å². The van der Waals surface area contributed by atoms with Crippen molar-refractivity contribution in [3.8, 4) is 0 Å². The Labute approximate surface area is 144 Å². The van der Waals surface area contributed by atoms with E-state index in [1.165, 1.54) is 0 Å². The maximum Gasteiger partial charge on any atom is 0.273 e. The van der Waals surface area contributed by atoms with Crippen LogP contribution in [0.2, 0.25) is 0 Å². The molecule has 6 heteroatoms. The number of anilines is 1. The number of aliphatic hydroxyl groups excluding tert-OH is 1. The first-order valence-corrected chi connectivity index (χ1v) is 8.14. The smallest absolute Gasteiger partial charge is 0.273 e. The average Bonchev–Trinajstić information content (AvgIpc) is 3.04. The molecule has 0 saturated heterocycles. The fraction of sp³-hybridized carbons (Fsp3) is 0.211. The van der Waals surface area contributed by atoms with Crippen LogP contribution < -0.4 is 5.73 Å². The van der Waals surface area contributed by atoms with Crippen LogP contribution >= 0.6 is 0 Å². The summed E-state index contributed by atoms with van der Waals surface area (Å²) >= 11 is 0. The van der Waals surface area contributed by atoms with E-state index in [1.54, 1.807) is 30.0 Å². The molecule has 2 heterocycles. The second-order valence-corrected chi connectivity index (χ2v) is 6.31. The second-order valence-electron chi connectivity index (χ2n) is 6.31. The van der Waals surface area contributed by atoms with Gasteiger partial charge >= 0.3 is 0 Å². The molecule has 1 atom stereocenters. The molecule has 126 valence electrons. The molecule has 0 spiro atoms. The molecule has 0 fully saturated rings. The van der Waals surface area contributed by atoms with E-state index in [1.807, 2.05) is 24.3 Å². The zero-order valence-electron chi connectivity index (χ0n) is 13.8. The van der Waals surface area contributed by atoms with Crippen LogP contribution in [0.3, 0.4) is 0 Å². The molecule has 0 bridgehead atoms. The first-order chi connectivity index (χ1) is 12.0. The predicted octanol–water partition coefficient (Wildman–Crippen LogP) is 2.42. The summed E-state index contributed by atoms with van der Waals surface area (Å²) in [6, 6.07) is 13.3. The largest absolute Gasteiger partial charge is 0.389 e. The Kier molecular flexibility index (Phi) is 3.62. The number of carbonyl (C=O) groups excluding carboxylic acids is 1. The Balaban J connectivity index is 1.78. The van der Waals surface area contributed by atoms with Crippen molar-refractivity contribution < 1.29 is 9.90 Å². The number of nitrogens with zero attached hydrogens (tertiary/aromatic N) is 3. The van der Waals surface area contributed by atoms with Gasteiger partial charge in [0.25, 0.3) is 5.91 Å². The molecule has 6 nitrogen and oxygen atoms in total. The molecule has 3 aromatic rings. The van der Waals surface area contributed by atoms with Gasteiger partial charge in [-0.1, -0.05) is 30.3 Å². The topological polar surface area (TPSA) is 92.3 Å². The van der Waals surface area contributed by atoms with Crippen molar-refractivity contribution in [2.45, 2.75) is 26.1 Å². The van der Waals surface area contributed by atoms with Crippen LogP contribution in [0.25, 0.3) is 10.9 Å². The fourth-order valence-corrected chi connectivity index (χ4v) is 3.21. The van der Waals surface area contributed by atoms with E-state index < -0.39 is 6.10 Å². The van der Waals surface area contributed by atoms with Gasteiger partial charge < -0.3 is 15.7 Å². The van der Waals surface area contributed by atoms with Crippen molar-refractivity contribution in [1.29, 1.82) is 0 Å². The first-order valence-electron chi connectivity index (χ1n) is 8.14. The summed E-state index contributed by atoms with van der Waals surface area (Å²) in [4.78, 5) is 23.2. The van der Waals surface area contributed by atoms with Crippen molar-refractivity contribution in [2.75, 3.05) is 5.73 Å². The number of carbonyl (C=O) groups is 1. The maximum atomic E-state index is 13.1. The lowest BCUT2D eigenvalue weighted by molar-refractivity contribution is 0.0747. The molecule has 1 aromatic heterocycles. The Morgan fingerprint density at radius 3 is 2.48 bits per heavy atom. The van der Waals surface area contributed by atoms with Crippen LogP contribution in [0.15, 0.2) is 42.5 Å². The number of nitrogens with two attached hydrogens (primary N) is 1. The minimum Gasteiger partial charge on any atom is -0.389 e. The summed E-state index contributed by atoms with van der Waals surface area (Å²) in [6.45, 7) is 2.78. The van der Waals surface area contributed by atoms with E-state index in [-0.39, 0.29) is 17.5 Å². The van der Waals surface area contributed by atoms with Gasteiger partial charge in [0.2, 0.25) is 5.95 Å². The van der Waals surface area contributed by atoms with Crippen LogP contribution in [0, 0.1) is 0 Å². The molecule has 0 aliphatic carbocycles. The fourth-order valence-electron chi connectivity index (χ4n) is 3.21. The first kappa shape index (κ1) is 15.5. The van der Waals surface area contributed by atoms with Gasteiger partial charge in [-0.15, -0.1) is 0 Å². The molecule has 0 saturated carbocycles. The monoisotopic (exact) mass is 334 g/mol. The summed E-state index contributed by atoms with van der Waals surface area (Å²) < 4.78 is 0. The number of hydrogen-bond donors (Lipinski definition) is 2. The second kappa shape index (κ2) is 5.82. The molecule has 1 amide bonds. The zero-order valence-corrected chi connectivity index (χ0v) is 13.8. The van der Waals surface area contributed by atoms with Gasteiger partial charge in [0.05, 0.1) is 11.6 Å². The van der Waals surface area contributed by atoms with Crippen LogP contribution in [-0.4, -0.2) is 25.9 Å². The van der Waals surface area contributed by atoms with Crippen molar-refractivity contribution >= 4 is 22.8 Å². The summed E-state index contributed by atoms with van der Waals surface area (Å²) in [5, 5.41) is 10.4. The van der Waals surface area contributed by atoms with Crippen LogP contribution in [0.5, 0.6) is 0 Å². The minimum atomic E-state index is -0.638. The Morgan fingerprint density at radius 2 is 1.84 bits per heavy atom. The number of benzene rings is 2. The number of amides is 1. The van der Waals surface area contributed by atoms with Crippen molar-refractivity contribution in [3.05, 3.63) is 64.8 Å². The van der Waals surface area contributed by atoms with E-state index in [2.05, 4.69) is 9.97 Å². The quantitative estimate of drug-likeness (QED) is 0.751. The summed E-state index contributed by atoms with van der Waals surface area (Å²) in [6.07, 6.45) is -0.638. The van der Waals surface area contributed by atoms with E-state index >= 15 is 0 Å². The average molecular weight is 334 g/mol. The lowest BCUT2D eigenvalue weighted by Crippen LogP contribution is -2.27. The number of aromatic nitrogens is 2. The standard InChI is InChI=1S/C19H18N4O2/c1-11(24)12-6-7-16-15(8-12)17(22-19(20)21-16)18(25)23-9-13-4-2-3-5-14(13)10-23/h2-8,11,24H,9-10H2,1H3,(H2,20,21,22). The lowest BCUT2D eigenvalue weighted by Gasteiger charge is -2.17. The highest BCUT2D eigenvalue weighted by Gasteiger charge is 2.26. The minimum absolute atomic E-state index is 0.0670. The Morgan fingerprint density at radius 1 is 1.16 bits per heavy atom. The van der Waals surface area contributed by atoms with Crippen LogP contribution in [-0.2, 0) is 13.1 Å². The van der Waals surface area contributed by atoms with E-state index in [9.17, 15) is 9.90 Å². The third-order valence-corrected chi connectivity index (χ3v) is 4.55. The molecule has 2 aromatic carbocycles. The molecule has 3 N–H and O–H groups in total. The lowest BCUT2D eigenvalue weighted by atomic mass is 10.1. The molecule has 1 aliphatic heterocycles. The molecule has 1 unspecified atom stereocenters. The molecule has 4 rings (SSSR count). The Bertz CT molecular complexity index is 959. The predicted molar refractivity (Wildman–Crippen MR) is 94.6 cm³/mol. The molecular formula is C19H18N4O2. The van der Waals surface area contributed by atoms with Gasteiger partial charge in [0.15, 0.2) is 0 Å². The van der Waals surface area contributed by atoms with E-state index in [0.717, 1.165) is 11.1 Å². The third kappa shape index (κ3) is 2.70. The summed E-state index contributed by atoms with van der Waals surface area (Å²) in [5.41, 5.74) is 9.67. The van der Waals surface area contributed by atoms with Gasteiger partial charge in [0, 0.05) is 18.5 Å².